The summed E-state index contributed by atoms with van der Waals surface area (Å²) < 4.78 is -0.465. The molecule has 0 spiro atoms. The number of nitrogens with one attached hydrogen (secondary N) is 1. The van der Waals surface area contributed by atoms with E-state index in [1.807, 2.05) is 13.8 Å². The van der Waals surface area contributed by atoms with Gasteiger partial charge in [0.25, 0.3) is 0 Å². The molecule has 68 valence electrons. The molecular formula is C7H11NO2S2. The number of hydrogen-bond donors (Lipinski definition) is 3. The van der Waals surface area contributed by atoms with Gasteiger partial charge in [-0.05, 0) is 5.92 Å². The van der Waals surface area contributed by atoms with E-state index in [0.29, 0.717) is 0 Å². The number of thioether (sulfide) groups is 1. The van der Waals surface area contributed by atoms with E-state index >= 15 is 0 Å². The van der Waals surface area contributed by atoms with E-state index in [4.69, 9.17) is 5.11 Å². The summed E-state index contributed by atoms with van der Waals surface area (Å²) >= 11 is 5.77. The van der Waals surface area contributed by atoms with Crippen LogP contribution in [0.3, 0.4) is 0 Å². The van der Waals surface area contributed by atoms with E-state index in [9.17, 15) is 4.79 Å². The molecule has 0 aromatic carbocycles. The Hall–Kier alpha value is -0.290. The maximum Gasteiger partial charge on any atom is 0.352 e. The fraction of sp³-hybridized carbons (Fsp3) is 0.571. The summed E-state index contributed by atoms with van der Waals surface area (Å²) in [5.74, 6) is -0.669. The summed E-state index contributed by atoms with van der Waals surface area (Å²) in [6.07, 6.45) is 0. The Balaban J connectivity index is 2.68. The molecule has 1 heterocycles. The monoisotopic (exact) mass is 205 g/mol. The van der Waals surface area contributed by atoms with Crippen LogP contribution in [0.5, 0.6) is 0 Å². The predicted octanol–water partition coefficient (Wildman–Crippen LogP) is 1.49. The van der Waals surface area contributed by atoms with Crippen LogP contribution in [0.1, 0.15) is 13.8 Å². The first-order chi connectivity index (χ1) is 5.46. The van der Waals surface area contributed by atoms with Gasteiger partial charge in [0, 0.05) is 5.41 Å². The van der Waals surface area contributed by atoms with Gasteiger partial charge in [-0.25, -0.2) is 4.79 Å². The third kappa shape index (κ3) is 1.72. The van der Waals surface area contributed by atoms with Gasteiger partial charge < -0.3 is 10.4 Å². The Morgan fingerprint density at radius 1 is 1.83 bits per heavy atom. The molecule has 3 nitrogen and oxygen atoms in total. The third-order valence-electron chi connectivity index (χ3n) is 1.68. The van der Waals surface area contributed by atoms with Crippen molar-refractivity contribution in [3.05, 3.63) is 11.1 Å². The fourth-order valence-corrected chi connectivity index (χ4v) is 1.96. The van der Waals surface area contributed by atoms with Crippen LogP contribution in [-0.4, -0.2) is 15.3 Å². The standard InChI is InChI=1S/C7H11NO2S2/c1-4(2)7(11)8-5(3-12-7)6(9)10/h3-4,8,11H,1-2H3,(H,9,10). The Kier molecular flexibility index (Phi) is 2.63. The van der Waals surface area contributed by atoms with Gasteiger partial charge >= 0.3 is 5.97 Å². The Morgan fingerprint density at radius 2 is 2.42 bits per heavy atom. The Bertz CT molecular complexity index is 240. The maximum atomic E-state index is 10.5. The SMILES string of the molecule is CC(C)C1(S)NC(C(=O)O)=CS1. The van der Waals surface area contributed by atoms with Gasteiger partial charge in [-0.1, -0.05) is 25.6 Å². The minimum atomic E-state index is -0.931. The van der Waals surface area contributed by atoms with Gasteiger partial charge in [0.15, 0.2) is 0 Å². The maximum absolute atomic E-state index is 10.5. The van der Waals surface area contributed by atoms with Crippen LogP contribution in [0, 0.1) is 5.92 Å². The highest BCUT2D eigenvalue weighted by atomic mass is 32.2. The van der Waals surface area contributed by atoms with Crippen molar-refractivity contribution in [3.63, 3.8) is 0 Å². The van der Waals surface area contributed by atoms with Gasteiger partial charge in [-0.15, -0.1) is 12.6 Å². The summed E-state index contributed by atoms with van der Waals surface area (Å²) in [4.78, 5) is 10.5. The zero-order chi connectivity index (χ0) is 9.35. The first-order valence-electron chi connectivity index (χ1n) is 3.57. The molecule has 1 rings (SSSR count). The van der Waals surface area contributed by atoms with E-state index < -0.39 is 10.2 Å². The summed E-state index contributed by atoms with van der Waals surface area (Å²) in [7, 11) is 0. The molecule has 0 aromatic heterocycles. The molecule has 5 heteroatoms. The second-order valence-corrected chi connectivity index (χ2v) is 5.05. The molecule has 2 N–H and O–H groups in total. The average Bonchev–Trinajstić information content (AvgIpc) is 2.33. The van der Waals surface area contributed by atoms with E-state index in [1.54, 1.807) is 5.41 Å². The number of aliphatic carboxylic acids is 1. The molecule has 1 atom stereocenters. The van der Waals surface area contributed by atoms with Gasteiger partial charge in [-0.2, -0.15) is 0 Å². The molecule has 0 aromatic rings. The van der Waals surface area contributed by atoms with E-state index in [1.165, 1.54) is 11.8 Å². The molecule has 0 bridgehead atoms. The van der Waals surface area contributed by atoms with Crippen LogP contribution in [0.25, 0.3) is 0 Å². The molecule has 1 unspecified atom stereocenters. The summed E-state index contributed by atoms with van der Waals surface area (Å²) in [6, 6.07) is 0. The topological polar surface area (TPSA) is 49.3 Å². The Morgan fingerprint density at radius 3 is 2.67 bits per heavy atom. The molecule has 1 aliphatic rings. The zero-order valence-electron chi connectivity index (χ0n) is 6.87. The van der Waals surface area contributed by atoms with Gasteiger partial charge in [0.2, 0.25) is 0 Å². The molecule has 0 saturated heterocycles. The van der Waals surface area contributed by atoms with Crippen molar-refractivity contribution in [1.29, 1.82) is 0 Å². The van der Waals surface area contributed by atoms with Gasteiger partial charge in [0.05, 0.1) is 0 Å². The van der Waals surface area contributed by atoms with Crippen LogP contribution in [0.2, 0.25) is 0 Å². The van der Waals surface area contributed by atoms with E-state index in [0.717, 1.165) is 0 Å². The number of hydrogen-bond acceptors (Lipinski definition) is 4. The summed E-state index contributed by atoms with van der Waals surface area (Å²) in [5.41, 5.74) is 0.226. The highest BCUT2D eigenvalue weighted by Crippen LogP contribution is 2.40. The molecule has 12 heavy (non-hydrogen) atoms. The average molecular weight is 205 g/mol. The van der Waals surface area contributed by atoms with Gasteiger partial charge in [-0.3, -0.25) is 0 Å². The number of carboxylic acid groups (broad SMARTS) is 1. The zero-order valence-corrected chi connectivity index (χ0v) is 8.58. The number of thiol groups is 1. The lowest BCUT2D eigenvalue weighted by molar-refractivity contribution is -0.133. The molecule has 1 aliphatic heterocycles. The van der Waals surface area contributed by atoms with Crippen LogP contribution in [0.4, 0.5) is 0 Å². The predicted molar refractivity (Wildman–Crippen MR) is 53.0 cm³/mol. The van der Waals surface area contributed by atoms with Crippen molar-refractivity contribution >= 4 is 30.4 Å². The first-order valence-corrected chi connectivity index (χ1v) is 4.90. The second-order valence-electron chi connectivity index (χ2n) is 2.93. The molecule has 0 amide bonds. The number of carbonyl (C=O) groups is 1. The quantitative estimate of drug-likeness (QED) is 0.598. The molecule has 0 fully saturated rings. The lowest BCUT2D eigenvalue weighted by atomic mass is 10.2. The highest BCUT2D eigenvalue weighted by molar-refractivity contribution is 8.13. The molecular weight excluding hydrogens is 194 g/mol. The minimum absolute atomic E-state index is 0.226. The van der Waals surface area contributed by atoms with Crippen LogP contribution < -0.4 is 5.32 Å². The third-order valence-corrected chi connectivity index (χ3v) is 3.91. The molecule has 0 aliphatic carbocycles. The van der Waals surface area contributed by atoms with E-state index in [-0.39, 0.29) is 11.6 Å². The molecule has 0 saturated carbocycles. The lowest BCUT2D eigenvalue weighted by Crippen LogP contribution is -2.38. The van der Waals surface area contributed by atoms with Crippen LogP contribution in [0.15, 0.2) is 11.1 Å². The van der Waals surface area contributed by atoms with Crippen molar-refractivity contribution < 1.29 is 9.90 Å². The molecule has 0 radical (unpaired) electrons. The minimum Gasteiger partial charge on any atom is -0.477 e. The van der Waals surface area contributed by atoms with Crippen molar-refractivity contribution in [2.45, 2.75) is 18.1 Å². The lowest BCUT2D eigenvalue weighted by Gasteiger charge is -2.27. The number of rotatable bonds is 2. The van der Waals surface area contributed by atoms with Crippen molar-refractivity contribution in [1.82, 2.24) is 5.32 Å². The highest BCUT2D eigenvalue weighted by Gasteiger charge is 2.36. The van der Waals surface area contributed by atoms with Crippen molar-refractivity contribution in [2.75, 3.05) is 0 Å². The normalized spacial score (nSPS) is 28.5. The number of carboxylic acids is 1. The fourth-order valence-electron chi connectivity index (χ4n) is 0.785. The second kappa shape index (κ2) is 3.22. The summed E-state index contributed by atoms with van der Waals surface area (Å²) in [5, 5.41) is 13.1. The Labute approximate surface area is 81.0 Å². The van der Waals surface area contributed by atoms with Crippen molar-refractivity contribution in [2.24, 2.45) is 5.92 Å². The van der Waals surface area contributed by atoms with Gasteiger partial charge in [0.1, 0.15) is 9.90 Å². The van der Waals surface area contributed by atoms with E-state index in [2.05, 4.69) is 17.9 Å². The van der Waals surface area contributed by atoms with Crippen LogP contribution >= 0.6 is 24.4 Å². The van der Waals surface area contributed by atoms with Crippen molar-refractivity contribution in [3.8, 4) is 0 Å². The smallest absolute Gasteiger partial charge is 0.352 e. The largest absolute Gasteiger partial charge is 0.477 e. The summed E-state index contributed by atoms with van der Waals surface area (Å²) in [6.45, 7) is 3.98. The van der Waals surface area contributed by atoms with Crippen LogP contribution in [-0.2, 0) is 4.79 Å². The first kappa shape index (κ1) is 9.80.